The number of carbonyl (C=O) groups is 1. The largest absolute Gasteiger partial charge is 0.493 e. The van der Waals surface area contributed by atoms with Crippen molar-refractivity contribution in [1.29, 1.82) is 5.26 Å². The van der Waals surface area contributed by atoms with Crippen molar-refractivity contribution < 1.29 is 19.7 Å². The summed E-state index contributed by atoms with van der Waals surface area (Å²) in [6.45, 7) is 3.97. The molecule has 0 saturated heterocycles. The summed E-state index contributed by atoms with van der Waals surface area (Å²) in [6.07, 6.45) is 2.13. The zero-order valence-corrected chi connectivity index (χ0v) is 14.8. The van der Waals surface area contributed by atoms with Gasteiger partial charge in [0.15, 0.2) is 0 Å². The van der Waals surface area contributed by atoms with Crippen molar-refractivity contribution >= 4 is 11.7 Å². The Bertz CT molecular complexity index is 1070. The van der Waals surface area contributed by atoms with Gasteiger partial charge in [0.2, 0.25) is 5.88 Å². The molecule has 0 saturated carbocycles. The Balaban J connectivity index is 2.05. The highest BCUT2D eigenvalue weighted by molar-refractivity contribution is 5.94. The van der Waals surface area contributed by atoms with Gasteiger partial charge in [-0.1, -0.05) is 6.07 Å². The van der Waals surface area contributed by atoms with E-state index in [1.807, 2.05) is 6.92 Å². The van der Waals surface area contributed by atoms with E-state index in [2.05, 4.69) is 16.4 Å². The van der Waals surface area contributed by atoms with Gasteiger partial charge in [-0.15, -0.1) is 0 Å². The van der Waals surface area contributed by atoms with Crippen LogP contribution in [0.5, 0.6) is 11.6 Å². The van der Waals surface area contributed by atoms with Gasteiger partial charge in [0, 0.05) is 29.4 Å². The van der Waals surface area contributed by atoms with Crippen molar-refractivity contribution in [2.45, 2.75) is 26.2 Å². The van der Waals surface area contributed by atoms with Gasteiger partial charge < -0.3 is 20.3 Å². The maximum Gasteiger partial charge on any atom is 0.334 e. The van der Waals surface area contributed by atoms with Crippen molar-refractivity contribution in [2.75, 3.05) is 11.9 Å². The summed E-state index contributed by atoms with van der Waals surface area (Å²) in [4.78, 5) is 16.1. The van der Waals surface area contributed by atoms with Crippen LogP contribution in [0.4, 0.5) is 5.69 Å². The zero-order chi connectivity index (χ0) is 19.3. The normalized spacial score (nSPS) is 17.4. The summed E-state index contributed by atoms with van der Waals surface area (Å²) in [5.74, 6) is -1.55. The fourth-order valence-electron chi connectivity index (χ4n) is 3.92. The monoisotopic (exact) mass is 363 g/mol. The highest BCUT2D eigenvalue weighted by Crippen LogP contribution is 2.50. The number of nitrogens with one attached hydrogen (secondary N) is 1. The second kappa shape index (κ2) is 6.02. The van der Waals surface area contributed by atoms with Gasteiger partial charge >= 0.3 is 5.97 Å². The summed E-state index contributed by atoms with van der Waals surface area (Å²) < 4.78 is 5.78. The predicted molar refractivity (Wildman–Crippen MR) is 96.8 cm³/mol. The van der Waals surface area contributed by atoms with Crippen LogP contribution in [0.1, 0.15) is 40.7 Å². The molecule has 7 heteroatoms. The smallest absolute Gasteiger partial charge is 0.334 e. The van der Waals surface area contributed by atoms with Crippen molar-refractivity contribution in [3.63, 3.8) is 0 Å². The number of anilines is 1. The Morgan fingerprint density at radius 2 is 2.19 bits per heavy atom. The average molecular weight is 363 g/mol. The van der Waals surface area contributed by atoms with Crippen LogP contribution < -0.4 is 10.1 Å². The molecular weight excluding hydrogens is 346 g/mol. The number of fused-ring (bicyclic) bond motifs is 2. The molecule has 0 amide bonds. The number of pyridine rings is 1. The van der Waals surface area contributed by atoms with E-state index in [1.54, 1.807) is 19.1 Å². The third-order valence-electron chi connectivity index (χ3n) is 5.13. The van der Waals surface area contributed by atoms with Crippen LogP contribution in [0.25, 0.3) is 0 Å². The van der Waals surface area contributed by atoms with E-state index in [0.717, 1.165) is 11.1 Å². The van der Waals surface area contributed by atoms with Gasteiger partial charge in [0.05, 0.1) is 41.0 Å². The number of hydrogen-bond acceptors (Lipinski definition) is 6. The minimum Gasteiger partial charge on any atom is -0.493 e. The number of carboxylic acid groups (broad SMARTS) is 1. The number of rotatable bonds is 2. The van der Waals surface area contributed by atoms with Gasteiger partial charge in [0.25, 0.3) is 0 Å². The van der Waals surface area contributed by atoms with Crippen LogP contribution >= 0.6 is 0 Å². The highest BCUT2D eigenvalue weighted by atomic mass is 16.5. The van der Waals surface area contributed by atoms with Crippen LogP contribution in [0.3, 0.4) is 0 Å². The van der Waals surface area contributed by atoms with Crippen LogP contribution in [0.2, 0.25) is 0 Å². The molecule has 0 bridgehead atoms. The van der Waals surface area contributed by atoms with Crippen LogP contribution in [-0.2, 0) is 11.2 Å². The third kappa shape index (κ3) is 2.41. The van der Waals surface area contributed by atoms with E-state index in [-0.39, 0.29) is 11.5 Å². The second-order valence-electron chi connectivity index (χ2n) is 6.68. The molecule has 27 heavy (non-hydrogen) atoms. The lowest BCUT2D eigenvalue weighted by atomic mass is 9.79. The first-order chi connectivity index (χ1) is 12.9. The molecule has 4 rings (SSSR count). The second-order valence-corrected chi connectivity index (χ2v) is 6.68. The number of nitriles is 1. The number of aromatic nitrogens is 1. The number of ether oxygens (including phenoxy) is 1. The van der Waals surface area contributed by atoms with Crippen molar-refractivity contribution in [2.24, 2.45) is 0 Å². The molecule has 1 aromatic carbocycles. The topological polar surface area (TPSA) is 115 Å². The summed E-state index contributed by atoms with van der Waals surface area (Å²) in [5.41, 5.74) is 4.36. The van der Waals surface area contributed by atoms with Gasteiger partial charge in [-0.2, -0.15) is 5.26 Å². The van der Waals surface area contributed by atoms with Gasteiger partial charge in [-0.3, -0.25) is 0 Å². The SMILES string of the molecule is CC1=C(C(=O)O)C(c2ccc(C#N)c3c2OCC3)c2c(O)ncc(C)c2N1. The Kier molecular flexibility index (Phi) is 3.77. The molecule has 2 aliphatic rings. The molecule has 3 N–H and O–H groups in total. The molecule has 0 fully saturated rings. The molecule has 2 aromatic rings. The van der Waals surface area contributed by atoms with Gasteiger partial charge in [-0.25, -0.2) is 9.78 Å². The van der Waals surface area contributed by atoms with Crippen molar-refractivity contribution in [3.8, 4) is 17.7 Å². The molecule has 7 nitrogen and oxygen atoms in total. The molecule has 136 valence electrons. The first kappa shape index (κ1) is 16.9. The molecule has 2 aliphatic heterocycles. The summed E-state index contributed by atoms with van der Waals surface area (Å²) in [6, 6.07) is 5.55. The van der Waals surface area contributed by atoms with Gasteiger partial charge in [-0.05, 0) is 25.5 Å². The fourth-order valence-corrected chi connectivity index (χ4v) is 3.92. The molecule has 1 unspecified atom stereocenters. The quantitative estimate of drug-likeness (QED) is 0.751. The van der Waals surface area contributed by atoms with E-state index < -0.39 is 11.9 Å². The van der Waals surface area contributed by atoms with E-state index >= 15 is 0 Å². The minimum atomic E-state index is -1.09. The number of nitrogens with zero attached hydrogens (tertiary/aromatic N) is 2. The number of aliphatic carboxylic acids is 1. The zero-order valence-electron chi connectivity index (χ0n) is 14.8. The van der Waals surface area contributed by atoms with E-state index in [4.69, 9.17) is 4.74 Å². The predicted octanol–water partition coefficient (Wildman–Crippen LogP) is 2.82. The van der Waals surface area contributed by atoms with Crippen molar-refractivity contribution in [3.05, 3.63) is 57.4 Å². The number of allylic oxidation sites excluding steroid dienone is 1. The number of benzene rings is 1. The lowest BCUT2D eigenvalue weighted by molar-refractivity contribution is -0.132. The first-order valence-electron chi connectivity index (χ1n) is 8.52. The molecule has 0 radical (unpaired) electrons. The molecule has 1 aromatic heterocycles. The standard InChI is InChI=1S/C20H17N3O4/c1-9-8-22-19(24)16-15(14(20(25)26)10(2)23-17(9)16)13-4-3-11(7-21)12-5-6-27-18(12)13/h3-4,8,15,23H,5-6H2,1-2H3,(H,22,24)(H,25,26). The highest BCUT2D eigenvalue weighted by Gasteiger charge is 2.38. The average Bonchev–Trinajstić information content (AvgIpc) is 3.12. The summed E-state index contributed by atoms with van der Waals surface area (Å²) >= 11 is 0. The molecule has 3 heterocycles. The maximum absolute atomic E-state index is 12.1. The van der Waals surface area contributed by atoms with Crippen LogP contribution in [0, 0.1) is 18.3 Å². The van der Waals surface area contributed by atoms with E-state index in [1.165, 1.54) is 6.20 Å². The number of aromatic hydroxyl groups is 1. The molecule has 0 spiro atoms. The Morgan fingerprint density at radius 3 is 2.89 bits per heavy atom. The number of hydrogen-bond donors (Lipinski definition) is 3. The Morgan fingerprint density at radius 1 is 1.41 bits per heavy atom. The number of carboxylic acids is 1. The molecule has 1 atom stereocenters. The Hall–Kier alpha value is -3.53. The van der Waals surface area contributed by atoms with Crippen LogP contribution in [0.15, 0.2) is 29.6 Å². The summed E-state index contributed by atoms with van der Waals surface area (Å²) in [5, 5.41) is 32.8. The lowest BCUT2D eigenvalue weighted by Crippen LogP contribution is -2.24. The van der Waals surface area contributed by atoms with Crippen LogP contribution in [-0.4, -0.2) is 27.8 Å². The summed E-state index contributed by atoms with van der Waals surface area (Å²) in [7, 11) is 0. The Labute approximate surface area is 155 Å². The first-order valence-corrected chi connectivity index (χ1v) is 8.52. The van der Waals surface area contributed by atoms with E-state index in [0.29, 0.717) is 46.9 Å². The third-order valence-corrected chi connectivity index (χ3v) is 5.13. The molecule has 0 aliphatic carbocycles. The fraction of sp³-hybridized carbons (Fsp3) is 0.250. The minimum absolute atomic E-state index is 0.118. The van der Waals surface area contributed by atoms with Gasteiger partial charge in [0.1, 0.15) is 5.75 Å². The van der Waals surface area contributed by atoms with E-state index in [9.17, 15) is 20.3 Å². The number of aryl methyl sites for hydroxylation is 1. The maximum atomic E-state index is 12.1. The molecular formula is C20H17N3O4. The van der Waals surface area contributed by atoms with Crippen molar-refractivity contribution in [1.82, 2.24) is 4.98 Å². The lowest BCUT2D eigenvalue weighted by Gasteiger charge is -2.31.